The molecule has 1 aliphatic carbocycles. The first-order valence-corrected chi connectivity index (χ1v) is 8.37. The summed E-state index contributed by atoms with van der Waals surface area (Å²) in [4.78, 5) is 12.0. The molecule has 22 heavy (non-hydrogen) atoms. The molecule has 0 radical (unpaired) electrons. The molecule has 1 amide bonds. The molecule has 6 nitrogen and oxygen atoms in total. The Morgan fingerprint density at radius 2 is 2.18 bits per heavy atom. The molecule has 0 atom stereocenters. The number of halogens is 2. The smallest absolute Gasteiger partial charge is 0.234 e. The maximum atomic E-state index is 12.0. The van der Waals surface area contributed by atoms with E-state index >= 15 is 0 Å². The van der Waals surface area contributed by atoms with Crippen molar-refractivity contribution in [3.63, 3.8) is 0 Å². The fraction of sp³-hybridized carbons (Fsp3) is 0.308. The van der Waals surface area contributed by atoms with Gasteiger partial charge in [-0.2, -0.15) is 0 Å². The number of rotatable bonds is 5. The molecule has 0 aliphatic heterocycles. The second-order valence-electron chi connectivity index (χ2n) is 4.95. The van der Waals surface area contributed by atoms with E-state index in [9.17, 15) is 4.79 Å². The van der Waals surface area contributed by atoms with Crippen LogP contribution in [0.4, 0.5) is 5.69 Å². The van der Waals surface area contributed by atoms with Crippen molar-refractivity contribution in [3.05, 3.63) is 34.1 Å². The zero-order valence-electron chi connectivity index (χ0n) is 11.4. The monoisotopic (exact) mass is 357 g/mol. The number of nitrogens with one attached hydrogen (secondary N) is 1. The second kappa shape index (κ2) is 6.36. The number of anilines is 1. The number of carbonyl (C=O) groups excluding carboxylic acids is 1. The molecule has 3 rings (SSSR count). The Kier molecular flexibility index (Phi) is 4.46. The number of amides is 1. The van der Waals surface area contributed by atoms with Crippen LogP contribution in [0.5, 0.6) is 0 Å². The summed E-state index contributed by atoms with van der Waals surface area (Å²) in [5, 5.41) is 12.2. The van der Waals surface area contributed by atoms with Gasteiger partial charge >= 0.3 is 0 Å². The lowest BCUT2D eigenvalue weighted by atomic mass is 10.3. The molecule has 1 fully saturated rings. The molecule has 2 aromatic rings. The summed E-state index contributed by atoms with van der Waals surface area (Å²) in [7, 11) is 0. The molecular weight excluding hydrogens is 345 g/mol. The van der Waals surface area contributed by atoms with Gasteiger partial charge in [0, 0.05) is 10.9 Å². The second-order valence-corrected chi connectivity index (χ2v) is 6.73. The highest BCUT2D eigenvalue weighted by molar-refractivity contribution is 7.99. The van der Waals surface area contributed by atoms with Crippen LogP contribution >= 0.6 is 35.0 Å². The third-order valence-corrected chi connectivity index (χ3v) is 4.68. The lowest BCUT2D eigenvalue weighted by Gasteiger charge is -2.07. The topological polar surface area (TPSA) is 85.8 Å². The molecule has 0 spiro atoms. The van der Waals surface area contributed by atoms with E-state index in [-0.39, 0.29) is 11.7 Å². The molecule has 3 N–H and O–H groups in total. The average molecular weight is 358 g/mol. The van der Waals surface area contributed by atoms with Gasteiger partial charge in [-0.1, -0.05) is 35.0 Å². The minimum Gasteiger partial charge on any atom is -0.336 e. The number of thioether (sulfide) groups is 1. The summed E-state index contributed by atoms with van der Waals surface area (Å²) < 4.78 is 1.46. The van der Waals surface area contributed by atoms with Gasteiger partial charge in [-0.05, 0) is 31.0 Å². The Bertz CT molecular complexity index is 716. The fourth-order valence-corrected chi connectivity index (χ4v) is 2.92. The van der Waals surface area contributed by atoms with Crippen LogP contribution in [0, 0.1) is 0 Å². The lowest BCUT2D eigenvalue weighted by Crippen LogP contribution is -2.17. The van der Waals surface area contributed by atoms with E-state index in [2.05, 4.69) is 15.5 Å². The molecule has 0 bridgehead atoms. The number of nitrogen functional groups attached to an aromatic ring is 1. The van der Waals surface area contributed by atoms with Crippen LogP contribution < -0.4 is 11.2 Å². The van der Waals surface area contributed by atoms with Crippen LogP contribution in [-0.4, -0.2) is 26.5 Å². The fourth-order valence-electron chi connectivity index (χ4n) is 1.92. The minimum absolute atomic E-state index is 0.156. The maximum Gasteiger partial charge on any atom is 0.234 e. The van der Waals surface area contributed by atoms with Crippen molar-refractivity contribution in [1.82, 2.24) is 14.9 Å². The Morgan fingerprint density at radius 3 is 2.91 bits per heavy atom. The van der Waals surface area contributed by atoms with Crippen molar-refractivity contribution < 1.29 is 4.79 Å². The minimum atomic E-state index is -0.217. The van der Waals surface area contributed by atoms with E-state index < -0.39 is 0 Å². The van der Waals surface area contributed by atoms with Crippen molar-refractivity contribution in [1.29, 1.82) is 0 Å². The first-order chi connectivity index (χ1) is 10.5. The van der Waals surface area contributed by atoms with E-state index in [1.165, 1.54) is 16.4 Å². The maximum absolute atomic E-state index is 12.0. The van der Waals surface area contributed by atoms with Gasteiger partial charge in [-0.3, -0.25) is 4.79 Å². The van der Waals surface area contributed by atoms with Gasteiger partial charge in [0.25, 0.3) is 0 Å². The van der Waals surface area contributed by atoms with Crippen molar-refractivity contribution in [2.75, 3.05) is 16.9 Å². The Labute approximate surface area is 141 Å². The van der Waals surface area contributed by atoms with Crippen molar-refractivity contribution in [2.45, 2.75) is 23.9 Å². The Hall–Kier alpha value is -1.44. The highest BCUT2D eigenvalue weighted by Crippen LogP contribution is 2.39. The average Bonchev–Trinajstić information content (AvgIpc) is 3.25. The summed E-state index contributed by atoms with van der Waals surface area (Å²) in [5.74, 6) is 7.05. The molecule has 1 aromatic heterocycles. The summed E-state index contributed by atoms with van der Waals surface area (Å²) >= 11 is 13.1. The van der Waals surface area contributed by atoms with Gasteiger partial charge in [0.05, 0.1) is 16.5 Å². The summed E-state index contributed by atoms with van der Waals surface area (Å²) in [6.07, 6.45) is 2.18. The van der Waals surface area contributed by atoms with E-state index in [1.54, 1.807) is 18.2 Å². The third-order valence-electron chi connectivity index (χ3n) is 3.17. The molecule has 116 valence electrons. The molecule has 1 saturated carbocycles. The van der Waals surface area contributed by atoms with Crippen molar-refractivity contribution in [3.8, 4) is 0 Å². The van der Waals surface area contributed by atoms with Gasteiger partial charge in [0.1, 0.15) is 0 Å². The number of nitrogens with zero attached hydrogens (tertiary/aromatic N) is 3. The Balaban J connectivity index is 1.59. The molecule has 1 aromatic carbocycles. The Morgan fingerprint density at radius 1 is 1.41 bits per heavy atom. The largest absolute Gasteiger partial charge is 0.336 e. The molecule has 0 unspecified atom stereocenters. The van der Waals surface area contributed by atoms with Crippen molar-refractivity contribution in [2.24, 2.45) is 0 Å². The molecule has 1 aliphatic rings. The molecular formula is C13H13Cl2N5OS. The number of hydrogen-bond acceptors (Lipinski definition) is 5. The van der Waals surface area contributed by atoms with Crippen LogP contribution in [0.2, 0.25) is 10.0 Å². The third kappa shape index (κ3) is 3.48. The van der Waals surface area contributed by atoms with Crippen LogP contribution in [0.1, 0.15) is 24.6 Å². The summed E-state index contributed by atoms with van der Waals surface area (Å²) in [6, 6.07) is 4.89. The van der Waals surface area contributed by atoms with E-state index in [4.69, 9.17) is 29.0 Å². The van der Waals surface area contributed by atoms with Crippen LogP contribution in [0.3, 0.4) is 0 Å². The summed E-state index contributed by atoms with van der Waals surface area (Å²) in [5.41, 5.74) is 0.479. The number of aromatic nitrogens is 3. The number of carbonyl (C=O) groups is 1. The zero-order chi connectivity index (χ0) is 15.7. The highest BCUT2D eigenvalue weighted by Gasteiger charge is 2.30. The van der Waals surface area contributed by atoms with Crippen molar-refractivity contribution >= 4 is 46.6 Å². The number of hydrogen-bond donors (Lipinski definition) is 2. The van der Waals surface area contributed by atoms with Crippen LogP contribution in [-0.2, 0) is 4.79 Å². The SMILES string of the molecule is Nn1c(SCC(=O)Nc2cc(Cl)ccc2Cl)nnc1C1CC1. The van der Waals surface area contributed by atoms with Gasteiger partial charge < -0.3 is 11.2 Å². The zero-order valence-corrected chi connectivity index (χ0v) is 13.8. The molecule has 0 saturated heterocycles. The van der Waals surface area contributed by atoms with E-state index in [1.807, 2.05) is 0 Å². The standard InChI is InChI=1S/C13H13Cl2N5OS/c14-8-3-4-9(15)10(5-8)17-11(21)6-22-13-19-18-12(20(13)16)7-1-2-7/h3-5,7H,1-2,6,16H2,(H,17,21). The van der Waals surface area contributed by atoms with Crippen LogP contribution in [0.15, 0.2) is 23.4 Å². The van der Waals surface area contributed by atoms with E-state index in [0.717, 1.165) is 18.7 Å². The van der Waals surface area contributed by atoms with Gasteiger partial charge in [-0.15, -0.1) is 10.2 Å². The van der Waals surface area contributed by atoms with Gasteiger partial charge in [0.15, 0.2) is 5.82 Å². The molecule has 1 heterocycles. The van der Waals surface area contributed by atoms with E-state index in [0.29, 0.717) is 26.8 Å². The van der Waals surface area contributed by atoms with Gasteiger partial charge in [-0.25, -0.2) is 4.68 Å². The lowest BCUT2D eigenvalue weighted by molar-refractivity contribution is -0.113. The first kappa shape index (κ1) is 15.5. The number of benzene rings is 1. The predicted molar refractivity (Wildman–Crippen MR) is 88.0 cm³/mol. The predicted octanol–water partition coefficient (Wildman–Crippen LogP) is 2.91. The highest BCUT2D eigenvalue weighted by atomic mass is 35.5. The number of nitrogens with two attached hydrogens (primary N) is 1. The normalized spacial score (nSPS) is 14.1. The first-order valence-electron chi connectivity index (χ1n) is 6.62. The quantitative estimate of drug-likeness (QED) is 0.634. The van der Waals surface area contributed by atoms with Gasteiger partial charge in [0.2, 0.25) is 11.1 Å². The summed E-state index contributed by atoms with van der Waals surface area (Å²) in [6.45, 7) is 0. The van der Waals surface area contributed by atoms with Crippen LogP contribution in [0.25, 0.3) is 0 Å². The molecule has 9 heteroatoms.